The molecule has 0 saturated heterocycles. The van der Waals surface area contributed by atoms with Crippen molar-refractivity contribution in [2.75, 3.05) is 13.6 Å². The molecule has 0 heterocycles. The highest BCUT2D eigenvalue weighted by Gasteiger charge is 2.19. The third-order valence-corrected chi connectivity index (χ3v) is 3.02. The first kappa shape index (κ1) is 16.6. The number of rotatable bonds is 3. The van der Waals surface area contributed by atoms with Gasteiger partial charge in [0.2, 0.25) is 5.91 Å². The second kappa shape index (κ2) is 6.35. The number of benzene rings is 1. The maximum Gasteiger partial charge on any atom is 0.254 e. The van der Waals surface area contributed by atoms with Crippen molar-refractivity contribution in [1.29, 1.82) is 0 Å². The maximum absolute atomic E-state index is 13.1. The molecule has 1 aromatic rings. The van der Waals surface area contributed by atoms with Gasteiger partial charge in [-0.15, -0.1) is 0 Å². The van der Waals surface area contributed by atoms with Gasteiger partial charge in [0.05, 0.1) is 11.0 Å². The number of amides is 2. The van der Waals surface area contributed by atoms with Crippen molar-refractivity contribution >= 4 is 27.7 Å². The van der Waals surface area contributed by atoms with Gasteiger partial charge in [-0.1, -0.05) is 0 Å². The Morgan fingerprint density at radius 2 is 1.95 bits per heavy atom. The number of halogens is 2. The molecule has 0 bridgehead atoms. The predicted molar refractivity (Wildman–Crippen MR) is 79.0 cm³/mol. The number of likely N-dealkylation sites (N-methyl/N-ethyl adjacent to an activating group) is 1. The molecule has 0 saturated carbocycles. The summed E-state index contributed by atoms with van der Waals surface area (Å²) in [5.74, 6) is -1.01. The average molecular weight is 345 g/mol. The van der Waals surface area contributed by atoms with Crippen LogP contribution in [0.2, 0.25) is 0 Å². The zero-order chi connectivity index (χ0) is 15.5. The van der Waals surface area contributed by atoms with E-state index in [1.165, 1.54) is 30.1 Å². The highest BCUT2D eigenvalue weighted by Crippen LogP contribution is 2.17. The zero-order valence-corrected chi connectivity index (χ0v) is 13.5. The fraction of sp³-hybridized carbons (Fsp3) is 0.429. The summed E-state index contributed by atoms with van der Waals surface area (Å²) in [4.78, 5) is 25.2. The quantitative estimate of drug-likeness (QED) is 0.916. The lowest BCUT2D eigenvalue weighted by molar-refractivity contribution is -0.122. The molecule has 110 valence electrons. The van der Waals surface area contributed by atoms with E-state index in [1.54, 1.807) is 0 Å². The molecule has 6 heteroatoms. The Bertz CT molecular complexity index is 526. The molecule has 0 aliphatic carbocycles. The molecule has 0 aliphatic heterocycles. The van der Waals surface area contributed by atoms with E-state index in [0.29, 0.717) is 5.56 Å². The van der Waals surface area contributed by atoms with Gasteiger partial charge in [-0.3, -0.25) is 9.59 Å². The molecule has 0 aliphatic rings. The second-order valence-corrected chi connectivity index (χ2v) is 6.44. The molecule has 0 aromatic heterocycles. The number of nitrogens with one attached hydrogen (secondary N) is 1. The molecule has 0 atom stereocenters. The molecular weight excluding hydrogens is 327 g/mol. The number of carbonyl (C=O) groups excluding carboxylic acids is 2. The van der Waals surface area contributed by atoms with Crippen LogP contribution in [-0.2, 0) is 4.79 Å². The van der Waals surface area contributed by atoms with Gasteiger partial charge >= 0.3 is 0 Å². The maximum atomic E-state index is 13.1. The minimum Gasteiger partial charge on any atom is -0.350 e. The predicted octanol–water partition coefficient (Wildman–Crippen LogP) is 2.57. The second-order valence-electron chi connectivity index (χ2n) is 5.59. The van der Waals surface area contributed by atoms with Crippen LogP contribution in [0.3, 0.4) is 0 Å². The SMILES string of the molecule is CN(CC(=O)NC(C)(C)C)C(=O)c1ccc(F)c(Br)c1. The van der Waals surface area contributed by atoms with Crippen LogP contribution in [0.5, 0.6) is 0 Å². The standard InChI is InChI=1S/C14H18BrFN2O2/c1-14(2,3)17-12(19)8-18(4)13(20)9-5-6-11(16)10(15)7-9/h5-7H,8H2,1-4H3,(H,17,19). The van der Waals surface area contributed by atoms with Gasteiger partial charge in [-0.25, -0.2) is 4.39 Å². The van der Waals surface area contributed by atoms with Crippen LogP contribution in [-0.4, -0.2) is 35.8 Å². The minimum absolute atomic E-state index is 0.0505. The largest absolute Gasteiger partial charge is 0.350 e. The first-order valence-corrected chi connectivity index (χ1v) is 6.91. The van der Waals surface area contributed by atoms with E-state index in [2.05, 4.69) is 21.2 Å². The van der Waals surface area contributed by atoms with Crippen molar-refractivity contribution in [2.24, 2.45) is 0 Å². The third-order valence-electron chi connectivity index (χ3n) is 2.41. The Labute approximate surface area is 126 Å². The Morgan fingerprint density at radius 1 is 1.35 bits per heavy atom. The van der Waals surface area contributed by atoms with Gasteiger partial charge in [-0.05, 0) is 54.9 Å². The normalized spacial score (nSPS) is 11.1. The van der Waals surface area contributed by atoms with Crippen molar-refractivity contribution in [3.63, 3.8) is 0 Å². The van der Waals surface area contributed by atoms with Gasteiger partial charge in [-0.2, -0.15) is 0 Å². The van der Waals surface area contributed by atoms with Crippen LogP contribution < -0.4 is 5.32 Å². The van der Waals surface area contributed by atoms with E-state index < -0.39 is 5.82 Å². The Balaban J connectivity index is 2.72. The van der Waals surface area contributed by atoms with Gasteiger partial charge in [0, 0.05) is 18.2 Å². The van der Waals surface area contributed by atoms with Crippen molar-refractivity contribution in [3.8, 4) is 0 Å². The number of carbonyl (C=O) groups is 2. The van der Waals surface area contributed by atoms with Crippen LogP contribution in [0.1, 0.15) is 31.1 Å². The van der Waals surface area contributed by atoms with E-state index in [0.717, 1.165) is 0 Å². The fourth-order valence-electron chi connectivity index (χ4n) is 1.59. The van der Waals surface area contributed by atoms with Gasteiger partial charge in [0.15, 0.2) is 0 Å². The van der Waals surface area contributed by atoms with Gasteiger partial charge in [0.1, 0.15) is 5.82 Å². The molecule has 2 amide bonds. The topological polar surface area (TPSA) is 49.4 Å². The molecule has 4 nitrogen and oxygen atoms in total. The molecule has 0 spiro atoms. The van der Waals surface area contributed by atoms with Crippen LogP contribution in [0.15, 0.2) is 22.7 Å². The highest BCUT2D eigenvalue weighted by atomic mass is 79.9. The summed E-state index contributed by atoms with van der Waals surface area (Å²) >= 11 is 3.03. The molecule has 20 heavy (non-hydrogen) atoms. The van der Waals surface area contributed by atoms with Crippen molar-refractivity contribution < 1.29 is 14.0 Å². The average Bonchev–Trinajstić information content (AvgIpc) is 2.29. The van der Waals surface area contributed by atoms with Crippen LogP contribution in [0.25, 0.3) is 0 Å². The van der Waals surface area contributed by atoms with Gasteiger partial charge in [0.25, 0.3) is 5.91 Å². The molecule has 1 rings (SSSR count). The fourth-order valence-corrected chi connectivity index (χ4v) is 1.97. The molecule has 0 fully saturated rings. The summed E-state index contributed by atoms with van der Waals surface area (Å²) < 4.78 is 13.3. The van der Waals surface area contributed by atoms with E-state index in [1.807, 2.05) is 20.8 Å². The third kappa shape index (κ3) is 4.92. The molecule has 1 aromatic carbocycles. The van der Waals surface area contributed by atoms with Crippen LogP contribution in [0.4, 0.5) is 4.39 Å². The lowest BCUT2D eigenvalue weighted by atomic mass is 10.1. The first-order chi connectivity index (χ1) is 9.10. The summed E-state index contributed by atoms with van der Waals surface area (Å²) in [6, 6.07) is 4.00. The number of nitrogens with zero attached hydrogens (tertiary/aromatic N) is 1. The highest BCUT2D eigenvalue weighted by molar-refractivity contribution is 9.10. The van der Waals surface area contributed by atoms with E-state index >= 15 is 0 Å². The van der Waals surface area contributed by atoms with Crippen LogP contribution >= 0.6 is 15.9 Å². The smallest absolute Gasteiger partial charge is 0.254 e. The van der Waals surface area contributed by atoms with E-state index in [-0.39, 0.29) is 28.4 Å². The zero-order valence-electron chi connectivity index (χ0n) is 12.0. The summed E-state index contributed by atoms with van der Waals surface area (Å²) in [7, 11) is 1.53. The van der Waals surface area contributed by atoms with E-state index in [4.69, 9.17) is 0 Å². The van der Waals surface area contributed by atoms with Crippen molar-refractivity contribution in [3.05, 3.63) is 34.1 Å². The summed E-state index contributed by atoms with van der Waals surface area (Å²) in [5.41, 5.74) is -0.0239. The number of hydrogen-bond acceptors (Lipinski definition) is 2. The summed E-state index contributed by atoms with van der Waals surface area (Å²) in [5, 5.41) is 2.77. The Hall–Kier alpha value is -1.43. The summed E-state index contributed by atoms with van der Waals surface area (Å²) in [6.45, 7) is 5.54. The molecule has 0 unspecified atom stereocenters. The molecular formula is C14H18BrFN2O2. The van der Waals surface area contributed by atoms with Crippen LogP contribution in [0, 0.1) is 5.82 Å². The number of hydrogen-bond donors (Lipinski definition) is 1. The van der Waals surface area contributed by atoms with E-state index in [9.17, 15) is 14.0 Å². The monoisotopic (exact) mass is 344 g/mol. The first-order valence-electron chi connectivity index (χ1n) is 6.11. The van der Waals surface area contributed by atoms with Crippen molar-refractivity contribution in [2.45, 2.75) is 26.3 Å². The summed E-state index contributed by atoms with van der Waals surface area (Å²) in [6.07, 6.45) is 0. The molecule has 1 N–H and O–H groups in total. The lowest BCUT2D eigenvalue weighted by Gasteiger charge is -2.23. The Kier molecular flexibility index (Phi) is 5.28. The lowest BCUT2D eigenvalue weighted by Crippen LogP contribution is -2.46. The van der Waals surface area contributed by atoms with Gasteiger partial charge < -0.3 is 10.2 Å². The minimum atomic E-state index is -0.435. The molecule has 0 radical (unpaired) electrons. The van der Waals surface area contributed by atoms with Crippen molar-refractivity contribution in [1.82, 2.24) is 10.2 Å². The Morgan fingerprint density at radius 3 is 2.45 bits per heavy atom.